The molecule has 0 saturated heterocycles. The number of halogens is 1. The molecule has 4 nitrogen and oxygen atoms in total. The molecular weight excluding hydrogens is 348 g/mol. The Morgan fingerprint density at radius 3 is 2.69 bits per heavy atom. The van der Waals surface area contributed by atoms with E-state index < -0.39 is 0 Å². The lowest BCUT2D eigenvalue weighted by atomic mass is 9.80. The smallest absolute Gasteiger partial charge is 0.142 e. The third-order valence-electron chi connectivity index (χ3n) is 5.27. The highest BCUT2D eigenvalue weighted by atomic mass is 35.5. The number of fused-ring (bicyclic) bond motifs is 1. The number of phenols is 1. The summed E-state index contributed by atoms with van der Waals surface area (Å²) in [6.07, 6.45) is 2.81. The van der Waals surface area contributed by atoms with E-state index in [9.17, 15) is 5.11 Å². The van der Waals surface area contributed by atoms with E-state index in [0.717, 1.165) is 17.7 Å². The SMILES string of the molecule is COc1cc2c(cc1C=Nc1ccc(Cl)cc1O)C(C)CC(C)(C)N2C. The van der Waals surface area contributed by atoms with Gasteiger partial charge in [-0.1, -0.05) is 18.5 Å². The average Bonchev–Trinajstić information content (AvgIpc) is 2.58. The molecule has 1 atom stereocenters. The van der Waals surface area contributed by atoms with Crippen LogP contribution in [0.3, 0.4) is 0 Å². The summed E-state index contributed by atoms with van der Waals surface area (Å²) >= 11 is 5.88. The van der Waals surface area contributed by atoms with Gasteiger partial charge in [-0.25, -0.2) is 0 Å². The molecular formula is C21H25ClN2O2. The van der Waals surface area contributed by atoms with Crippen molar-refractivity contribution in [2.24, 2.45) is 4.99 Å². The Kier molecular flexibility index (Phi) is 4.89. The summed E-state index contributed by atoms with van der Waals surface area (Å²) in [7, 11) is 3.79. The Labute approximate surface area is 160 Å². The van der Waals surface area contributed by atoms with Crippen molar-refractivity contribution in [2.75, 3.05) is 19.1 Å². The zero-order chi connectivity index (χ0) is 19.1. The lowest BCUT2D eigenvalue weighted by Crippen LogP contribution is -2.45. The maximum Gasteiger partial charge on any atom is 0.142 e. The van der Waals surface area contributed by atoms with Crippen LogP contribution in [0.15, 0.2) is 35.3 Å². The highest BCUT2D eigenvalue weighted by Crippen LogP contribution is 2.44. The van der Waals surface area contributed by atoms with Crippen LogP contribution in [0, 0.1) is 0 Å². The third kappa shape index (κ3) is 3.38. The first-order chi connectivity index (χ1) is 12.2. The molecule has 1 N–H and O–H groups in total. The molecule has 0 radical (unpaired) electrons. The van der Waals surface area contributed by atoms with E-state index in [1.807, 2.05) is 0 Å². The first-order valence-electron chi connectivity index (χ1n) is 8.71. The summed E-state index contributed by atoms with van der Waals surface area (Å²) in [6.45, 7) is 6.78. The van der Waals surface area contributed by atoms with Gasteiger partial charge < -0.3 is 14.7 Å². The van der Waals surface area contributed by atoms with Gasteiger partial charge in [-0.05, 0) is 49.9 Å². The van der Waals surface area contributed by atoms with Crippen molar-refractivity contribution in [3.8, 4) is 11.5 Å². The number of aromatic hydroxyl groups is 1. The topological polar surface area (TPSA) is 45.1 Å². The Hall–Kier alpha value is -2.20. The number of hydrogen-bond donors (Lipinski definition) is 1. The fraction of sp³-hybridized carbons (Fsp3) is 0.381. The van der Waals surface area contributed by atoms with E-state index >= 15 is 0 Å². The second-order valence-corrected chi connectivity index (χ2v) is 7.96. The fourth-order valence-electron chi connectivity index (χ4n) is 3.63. The maximum absolute atomic E-state index is 9.99. The maximum atomic E-state index is 9.99. The average molecular weight is 373 g/mol. The Bertz CT molecular complexity index is 861. The van der Waals surface area contributed by atoms with Gasteiger partial charge in [-0.15, -0.1) is 0 Å². The van der Waals surface area contributed by atoms with E-state index in [1.54, 1.807) is 25.5 Å². The molecule has 3 rings (SSSR count). The monoisotopic (exact) mass is 372 g/mol. The van der Waals surface area contributed by atoms with Gasteiger partial charge in [-0.2, -0.15) is 0 Å². The van der Waals surface area contributed by atoms with Gasteiger partial charge in [0, 0.05) is 47.2 Å². The normalized spacial score (nSPS) is 18.8. The summed E-state index contributed by atoms with van der Waals surface area (Å²) < 4.78 is 5.60. The predicted molar refractivity (Wildman–Crippen MR) is 109 cm³/mol. The Morgan fingerprint density at radius 2 is 2.04 bits per heavy atom. The van der Waals surface area contributed by atoms with Crippen molar-refractivity contribution in [1.29, 1.82) is 0 Å². The highest BCUT2D eigenvalue weighted by Gasteiger charge is 2.34. The summed E-state index contributed by atoms with van der Waals surface area (Å²) in [4.78, 5) is 6.74. The van der Waals surface area contributed by atoms with E-state index in [2.05, 4.69) is 49.8 Å². The van der Waals surface area contributed by atoms with Crippen LogP contribution in [0.1, 0.15) is 44.2 Å². The number of methoxy groups -OCH3 is 1. The summed E-state index contributed by atoms with van der Waals surface area (Å²) in [5.41, 5.74) is 3.94. The lowest BCUT2D eigenvalue weighted by Gasteiger charge is -2.45. The van der Waals surface area contributed by atoms with Crippen LogP contribution in [0.25, 0.3) is 0 Å². The summed E-state index contributed by atoms with van der Waals surface area (Å²) in [5, 5.41) is 10.5. The molecule has 0 aliphatic carbocycles. The molecule has 2 aromatic rings. The van der Waals surface area contributed by atoms with E-state index in [0.29, 0.717) is 16.6 Å². The Morgan fingerprint density at radius 1 is 1.31 bits per heavy atom. The van der Waals surface area contributed by atoms with Gasteiger partial charge in [0.2, 0.25) is 0 Å². The van der Waals surface area contributed by atoms with Gasteiger partial charge in [-0.3, -0.25) is 4.99 Å². The first kappa shape index (κ1) is 18.6. The molecule has 138 valence electrons. The number of aliphatic imine (C=N–C) groups is 1. The Balaban J connectivity index is 2.03. The third-order valence-corrected chi connectivity index (χ3v) is 5.50. The van der Waals surface area contributed by atoms with Crippen LogP contribution in [-0.2, 0) is 0 Å². The standard InChI is InChI=1S/C21H25ClN2O2/c1-13-11-21(2,3)24(4)18-10-20(26-5)14(8-16(13)18)12-23-17-7-6-15(22)9-19(17)25/h6-10,12-13,25H,11H2,1-5H3. The van der Waals surface area contributed by atoms with Crippen LogP contribution in [-0.4, -0.2) is 31.0 Å². The van der Waals surface area contributed by atoms with Gasteiger partial charge >= 0.3 is 0 Å². The molecule has 5 heteroatoms. The zero-order valence-electron chi connectivity index (χ0n) is 15.9. The molecule has 26 heavy (non-hydrogen) atoms. The fourth-order valence-corrected chi connectivity index (χ4v) is 3.80. The second-order valence-electron chi connectivity index (χ2n) is 7.52. The quantitative estimate of drug-likeness (QED) is 0.721. The van der Waals surface area contributed by atoms with Crippen molar-refractivity contribution >= 4 is 29.2 Å². The molecule has 1 aliphatic heterocycles. The number of nitrogens with zero attached hydrogens (tertiary/aromatic N) is 2. The second kappa shape index (κ2) is 6.84. The van der Waals surface area contributed by atoms with Crippen molar-refractivity contribution < 1.29 is 9.84 Å². The van der Waals surface area contributed by atoms with Gasteiger partial charge in [0.1, 0.15) is 17.2 Å². The van der Waals surface area contributed by atoms with Gasteiger partial charge in [0.05, 0.1) is 7.11 Å². The van der Waals surface area contributed by atoms with Crippen LogP contribution in [0.4, 0.5) is 11.4 Å². The zero-order valence-corrected chi connectivity index (χ0v) is 16.6. The van der Waals surface area contributed by atoms with Crippen molar-refractivity contribution in [1.82, 2.24) is 0 Å². The number of phenolic OH excluding ortho intramolecular Hbond substituents is 1. The van der Waals surface area contributed by atoms with Crippen LogP contribution >= 0.6 is 11.6 Å². The minimum Gasteiger partial charge on any atom is -0.506 e. The molecule has 0 fully saturated rings. The van der Waals surface area contributed by atoms with Gasteiger partial charge in [0.25, 0.3) is 0 Å². The molecule has 1 heterocycles. The van der Waals surface area contributed by atoms with Crippen LogP contribution < -0.4 is 9.64 Å². The van der Waals surface area contributed by atoms with E-state index in [-0.39, 0.29) is 11.3 Å². The number of anilines is 1. The number of rotatable bonds is 3. The van der Waals surface area contributed by atoms with Crippen molar-refractivity contribution in [3.63, 3.8) is 0 Å². The molecule has 0 aromatic heterocycles. The lowest BCUT2D eigenvalue weighted by molar-refractivity contribution is 0.389. The van der Waals surface area contributed by atoms with E-state index in [1.165, 1.54) is 17.3 Å². The van der Waals surface area contributed by atoms with Crippen LogP contribution in [0.2, 0.25) is 5.02 Å². The molecule has 1 unspecified atom stereocenters. The predicted octanol–water partition coefficient (Wildman–Crippen LogP) is 5.53. The molecule has 1 aliphatic rings. The van der Waals surface area contributed by atoms with E-state index in [4.69, 9.17) is 16.3 Å². The molecule has 2 aromatic carbocycles. The first-order valence-corrected chi connectivity index (χ1v) is 9.09. The number of benzene rings is 2. The minimum atomic E-state index is 0.0560. The minimum absolute atomic E-state index is 0.0560. The molecule has 0 bridgehead atoms. The highest BCUT2D eigenvalue weighted by molar-refractivity contribution is 6.30. The molecule has 0 saturated carbocycles. The number of hydrogen-bond acceptors (Lipinski definition) is 4. The largest absolute Gasteiger partial charge is 0.506 e. The van der Waals surface area contributed by atoms with Crippen LogP contribution in [0.5, 0.6) is 11.5 Å². The van der Waals surface area contributed by atoms with Crippen molar-refractivity contribution in [3.05, 3.63) is 46.5 Å². The van der Waals surface area contributed by atoms with Crippen molar-refractivity contribution in [2.45, 2.75) is 38.6 Å². The van der Waals surface area contributed by atoms with Gasteiger partial charge in [0.15, 0.2) is 0 Å². The summed E-state index contributed by atoms with van der Waals surface area (Å²) in [6, 6.07) is 9.10. The molecule has 0 spiro atoms. The number of ether oxygens (including phenoxy) is 1. The molecule has 0 amide bonds. The summed E-state index contributed by atoms with van der Waals surface area (Å²) in [5.74, 6) is 1.26.